The zero-order valence-electron chi connectivity index (χ0n) is 29.9. The van der Waals surface area contributed by atoms with Crippen LogP contribution in [0.25, 0.3) is 10.8 Å². The summed E-state index contributed by atoms with van der Waals surface area (Å²) >= 11 is 6.42. The average Bonchev–Trinajstić information content (AvgIpc) is 3.96. The number of halogens is 1. The molecular formula is C35H46ClN5O9S. The molecule has 3 N–H and O–H groups in total. The maximum absolute atomic E-state index is 14.4. The van der Waals surface area contributed by atoms with Crippen LogP contribution in [0.15, 0.2) is 37.1 Å². The molecule has 0 radical (unpaired) electrons. The van der Waals surface area contributed by atoms with Crippen LogP contribution in [0, 0.1) is 11.3 Å². The Morgan fingerprint density at radius 1 is 1.12 bits per heavy atom. The second kappa shape index (κ2) is 13.8. The number of fused-ring (bicyclic) bond motifs is 1. The number of carbonyl (C=O) groups is 4. The van der Waals surface area contributed by atoms with E-state index >= 15 is 0 Å². The molecule has 0 spiro atoms. The van der Waals surface area contributed by atoms with Crippen LogP contribution in [0.4, 0.5) is 4.79 Å². The monoisotopic (exact) mass is 747 g/mol. The lowest BCUT2D eigenvalue weighted by Crippen LogP contribution is -2.60. The number of carbonyl (C=O) groups excluding carboxylic acids is 4. The highest BCUT2D eigenvalue weighted by molar-refractivity contribution is 7.91. The number of amides is 4. The highest BCUT2D eigenvalue weighted by Crippen LogP contribution is 2.45. The predicted octanol–water partition coefficient (Wildman–Crippen LogP) is 3.85. The van der Waals surface area contributed by atoms with Crippen LogP contribution in [0.3, 0.4) is 0 Å². The minimum absolute atomic E-state index is 0.0204. The van der Waals surface area contributed by atoms with Crippen molar-refractivity contribution in [2.45, 2.75) is 102 Å². The number of hydrogen-bond acceptors (Lipinski definition) is 10. The molecule has 1 saturated heterocycles. The van der Waals surface area contributed by atoms with E-state index in [9.17, 15) is 27.6 Å². The highest BCUT2D eigenvalue weighted by atomic mass is 35.5. The molecule has 5 rings (SSSR count). The smallest absolute Gasteiger partial charge is 0.408 e. The molecule has 1 aromatic carbocycles. The fourth-order valence-corrected chi connectivity index (χ4v) is 7.75. The van der Waals surface area contributed by atoms with Crippen molar-refractivity contribution in [3.05, 3.63) is 42.1 Å². The Morgan fingerprint density at radius 3 is 2.37 bits per heavy atom. The minimum atomic E-state index is -3.91. The Balaban J connectivity index is 1.46. The number of benzene rings is 1. The SMILES string of the molecule is C=CC1CC1(NC(=O)C1CC(Oc2ncc(Cl)c3ccc(OC)cc23)CN1C(=O)C(NC(=O)OC(C)(C)C)C(C)(C)C)C(=O)NS(=O)(=O)C1CC1. The van der Waals surface area contributed by atoms with E-state index in [1.54, 1.807) is 59.7 Å². The van der Waals surface area contributed by atoms with Gasteiger partial charge < -0.3 is 29.7 Å². The van der Waals surface area contributed by atoms with E-state index < -0.39 is 79.7 Å². The molecule has 51 heavy (non-hydrogen) atoms. The molecule has 2 aliphatic carbocycles. The van der Waals surface area contributed by atoms with Gasteiger partial charge in [0.05, 0.1) is 30.1 Å². The molecular weight excluding hydrogens is 702 g/mol. The first-order valence-electron chi connectivity index (χ1n) is 16.8. The Morgan fingerprint density at radius 2 is 1.80 bits per heavy atom. The predicted molar refractivity (Wildman–Crippen MR) is 190 cm³/mol. The van der Waals surface area contributed by atoms with Gasteiger partial charge in [-0.3, -0.25) is 19.1 Å². The van der Waals surface area contributed by atoms with Gasteiger partial charge in [0.15, 0.2) is 0 Å². The lowest BCUT2D eigenvalue weighted by Gasteiger charge is -2.36. The quantitative estimate of drug-likeness (QED) is 0.286. The van der Waals surface area contributed by atoms with Crippen molar-refractivity contribution in [2.75, 3.05) is 13.7 Å². The summed E-state index contributed by atoms with van der Waals surface area (Å²) in [5.41, 5.74) is -3.24. The number of methoxy groups -OCH3 is 1. The number of hydrogen-bond donors (Lipinski definition) is 3. The first-order chi connectivity index (χ1) is 23.7. The van der Waals surface area contributed by atoms with Gasteiger partial charge in [-0.15, -0.1) is 6.58 Å². The van der Waals surface area contributed by atoms with E-state index in [0.29, 0.717) is 34.4 Å². The largest absolute Gasteiger partial charge is 0.497 e. The number of pyridine rings is 1. The standard InChI is InChI=1S/C35H46ClN5O9S/c1-9-19-16-35(19,31(44)40-51(46,47)22-11-12-22)39-28(42)26-15-21(49-29-24-14-20(48-8)10-13-23(24)25(36)17-37-29)18-41(26)30(43)27(33(2,3)4)38-32(45)50-34(5,6)7/h9-10,13-14,17,19,21-22,26-27H,1,11-12,15-16,18H2,2-8H3,(H,38,45)(H,39,42)(H,40,44). The number of alkyl carbamates (subject to hydrolysis) is 1. The highest BCUT2D eigenvalue weighted by Gasteiger charge is 2.62. The minimum Gasteiger partial charge on any atom is -0.497 e. The van der Waals surface area contributed by atoms with Gasteiger partial charge in [-0.2, -0.15) is 0 Å². The Kier molecular flexibility index (Phi) is 10.3. The van der Waals surface area contributed by atoms with E-state index in [4.69, 9.17) is 25.8 Å². The summed E-state index contributed by atoms with van der Waals surface area (Å²) in [6.45, 7) is 14.1. The maximum Gasteiger partial charge on any atom is 0.408 e. The summed E-state index contributed by atoms with van der Waals surface area (Å²) in [5.74, 6) is -1.95. The summed E-state index contributed by atoms with van der Waals surface area (Å²) in [6, 6.07) is 2.91. The van der Waals surface area contributed by atoms with E-state index in [2.05, 4.69) is 26.9 Å². The van der Waals surface area contributed by atoms with Crippen molar-refractivity contribution < 1.29 is 41.8 Å². The van der Waals surface area contributed by atoms with Crippen molar-refractivity contribution >= 4 is 56.2 Å². The maximum atomic E-state index is 14.4. The van der Waals surface area contributed by atoms with E-state index in [0.717, 1.165) is 0 Å². The number of likely N-dealkylation sites (tertiary alicyclic amines) is 1. The van der Waals surface area contributed by atoms with Crippen LogP contribution >= 0.6 is 11.6 Å². The van der Waals surface area contributed by atoms with Crippen LogP contribution in [0.1, 0.15) is 67.2 Å². The number of aromatic nitrogens is 1. The molecule has 2 heterocycles. The van der Waals surface area contributed by atoms with Gasteiger partial charge in [0.25, 0.3) is 5.91 Å². The molecule has 16 heteroatoms. The van der Waals surface area contributed by atoms with Gasteiger partial charge in [0, 0.05) is 23.1 Å². The Labute approximate surface area is 303 Å². The topological polar surface area (TPSA) is 182 Å². The third kappa shape index (κ3) is 8.35. The third-order valence-corrected chi connectivity index (χ3v) is 11.3. The number of ether oxygens (including phenoxy) is 3. The number of nitrogens with one attached hydrogen (secondary N) is 3. The fraction of sp³-hybridized carbons (Fsp3) is 0.571. The molecule has 278 valence electrons. The molecule has 5 atom stereocenters. The van der Waals surface area contributed by atoms with Gasteiger partial charge in [0.2, 0.25) is 27.7 Å². The lowest BCUT2D eigenvalue weighted by molar-refractivity contribution is -0.143. The van der Waals surface area contributed by atoms with E-state index in [1.165, 1.54) is 24.3 Å². The fourth-order valence-electron chi connectivity index (χ4n) is 6.18. The molecule has 14 nitrogen and oxygen atoms in total. The lowest BCUT2D eigenvalue weighted by atomic mass is 9.85. The van der Waals surface area contributed by atoms with Gasteiger partial charge in [-0.05, 0) is 63.6 Å². The summed E-state index contributed by atoms with van der Waals surface area (Å²) in [6.07, 6.45) is 2.34. The first kappa shape index (κ1) is 38.1. The van der Waals surface area contributed by atoms with E-state index in [-0.39, 0.29) is 25.3 Å². The second-order valence-electron chi connectivity index (χ2n) is 15.4. The van der Waals surface area contributed by atoms with Crippen LogP contribution < -0.4 is 24.8 Å². The molecule has 2 saturated carbocycles. The van der Waals surface area contributed by atoms with Gasteiger partial charge in [-0.1, -0.05) is 38.4 Å². The van der Waals surface area contributed by atoms with Gasteiger partial charge in [-0.25, -0.2) is 18.2 Å². The number of rotatable bonds is 11. The van der Waals surface area contributed by atoms with Crippen LogP contribution in [0.5, 0.6) is 11.6 Å². The summed E-state index contributed by atoms with van der Waals surface area (Å²) in [5, 5.41) is 6.38. The van der Waals surface area contributed by atoms with E-state index in [1.807, 2.05) is 0 Å². The van der Waals surface area contributed by atoms with Crippen molar-refractivity contribution in [3.63, 3.8) is 0 Å². The molecule has 2 aromatic rings. The number of nitrogens with zero attached hydrogens (tertiary/aromatic N) is 2. The normalized spacial score (nSPS) is 23.9. The molecule has 4 amide bonds. The molecule has 3 aliphatic rings. The molecule has 1 aliphatic heterocycles. The third-order valence-electron chi connectivity index (χ3n) is 9.16. The van der Waals surface area contributed by atoms with Crippen molar-refractivity contribution in [1.82, 2.24) is 25.2 Å². The van der Waals surface area contributed by atoms with Crippen LogP contribution in [0.2, 0.25) is 5.02 Å². The first-order valence-corrected chi connectivity index (χ1v) is 18.7. The van der Waals surface area contributed by atoms with Gasteiger partial charge >= 0.3 is 6.09 Å². The molecule has 3 fully saturated rings. The zero-order chi connectivity index (χ0) is 37.7. The number of sulfonamides is 1. The van der Waals surface area contributed by atoms with Crippen LogP contribution in [-0.4, -0.2) is 90.3 Å². The summed E-state index contributed by atoms with van der Waals surface area (Å²) < 4.78 is 44.7. The molecule has 5 unspecified atom stereocenters. The summed E-state index contributed by atoms with van der Waals surface area (Å²) in [7, 11) is -2.39. The Hall–Kier alpha value is -4.11. The molecule has 1 aromatic heterocycles. The summed E-state index contributed by atoms with van der Waals surface area (Å²) in [4.78, 5) is 60.7. The average molecular weight is 748 g/mol. The van der Waals surface area contributed by atoms with Crippen LogP contribution in [-0.2, 0) is 29.1 Å². The Bertz CT molecular complexity index is 1850. The zero-order valence-corrected chi connectivity index (χ0v) is 31.4. The van der Waals surface area contributed by atoms with Gasteiger partial charge in [0.1, 0.15) is 35.1 Å². The van der Waals surface area contributed by atoms with Crippen molar-refractivity contribution in [1.29, 1.82) is 0 Å². The molecule has 0 bridgehead atoms. The van der Waals surface area contributed by atoms with Crippen molar-refractivity contribution in [2.24, 2.45) is 11.3 Å². The second-order valence-corrected chi connectivity index (χ2v) is 17.8. The van der Waals surface area contributed by atoms with Crippen molar-refractivity contribution in [3.8, 4) is 11.6 Å².